The van der Waals surface area contributed by atoms with Crippen LogP contribution >= 0.6 is 15.9 Å². The van der Waals surface area contributed by atoms with E-state index in [1.165, 1.54) is 5.56 Å². The molecule has 6 heteroatoms. The molecule has 1 heterocycles. The highest BCUT2D eigenvalue weighted by Gasteiger charge is 2.10. The van der Waals surface area contributed by atoms with E-state index >= 15 is 0 Å². The molecule has 1 aromatic heterocycles. The molecule has 0 radical (unpaired) electrons. The van der Waals surface area contributed by atoms with Crippen molar-refractivity contribution in [2.45, 2.75) is 31.3 Å². The van der Waals surface area contributed by atoms with Crippen LogP contribution in [0.25, 0.3) is 0 Å². The third-order valence-corrected chi connectivity index (χ3v) is 4.81. The van der Waals surface area contributed by atoms with Gasteiger partial charge in [-0.15, -0.1) is 5.10 Å². The Labute approximate surface area is 123 Å². The van der Waals surface area contributed by atoms with E-state index in [4.69, 9.17) is 0 Å². The van der Waals surface area contributed by atoms with Gasteiger partial charge in [0.05, 0.1) is 10.8 Å². The second kappa shape index (κ2) is 6.96. The van der Waals surface area contributed by atoms with Gasteiger partial charge in [-0.2, -0.15) is 0 Å². The number of aromatic amines is 1. The summed E-state index contributed by atoms with van der Waals surface area (Å²) in [5, 5.41) is 7.20. The maximum Gasteiger partial charge on any atom is 0.238 e. The topological polar surface area (TPSA) is 58.6 Å². The number of rotatable bonds is 6. The van der Waals surface area contributed by atoms with Crippen LogP contribution in [-0.4, -0.2) is 25.1 Å². The Hall–Kier alpha value is -1.01. The molecule has 0 saturated carbocycles. The fourth-order valence-electron chi connectivity index (χ4n) is 1.72. The van der Waals surface area contributed by atoms with Gasteiger partial charge in [-0.3, -0.25) is 9.31 Å². The van der Waals surface area contributed by atoms with Crippen LogP contribution < -0.4 is 0 Å². The lowest BCUT2D eigenvalue weighted by molar-refractivity contribution is 0.673. The molecule has 2 rings (SSSR count). The van der Waals surface area contributed by atoms with Crippen molar-refractivity contribution in [2.75, 3.05) is 5.75 Å². The monoisotopic (exact) mass is 341 g/mol. The first-order chi connectivity index (χ1) is 9.20. The van der Waals surface area contributed by atoms with Gasteiger partial charge in [-0.05, 0) is 24.5 Å². The highest BCUT2D eigenvalue weighted by molar-refractivity contribution is 9.10. The van der Waals surface area contributed by atoms with Crippen LogP contribution in [-0.2, 0) is 23.6 Å². The Morgan fingerprint density at radius 1 is 1.37 bits per heavy atom. The largest absolute Gasteiger partial charge is 0.262 e. The minimum Gasteiger partial charge on any atom is -0.262 e. The molecule has 0 aliphatic carbocycles. The van der Waals surface area contributed by atoms with Crippen molar-refractivity contribution < 1.29 is 4.21 Å². The van der Waals surface area contributed by atoms with Gasteiger partial charge in [0.1, 0.15) is 5.82 Å². The van der Waals surface area contributed by atoms with Crippen LogP contribution in [0.15, 0.2) is 33.9 Å². The summed E-state index contributed by atoms with van der Waals surface area (Å²) in [4.78, 5) is 4.20. The summed E-state index contributed by atoms with van der Waals surface area (Å²) in [6, 6.07) is 8.11. The third kappa shape index (κ3) is 3.98. The number of nitrogens with one attached hydrogen (secondary N) is 1. The molecule has 2 aromatic rings. The predicted octanol–water partition coefficient (Wildman–Crippen LogP) is 2.87. The zero-order valence-corrected chi connectivity index (χ0v) is 13.1. The number of hydrogen-bond donors (Lipinski definition) is 1. The number of benzene rings is 1. The molecule has 0 aliphatic rings. The second-order valence-corrected chi connectivity index (χ2v) is 6.48. The Morgan fingerprint density at radius 2 is 2.16 bits per heavy atom. The van der Waals surface area contributed by atoms with Crippen molar-refractivity contribution in [1.29, 1.82) is 0 Å². The lowest BCUT2D eigenvalue weighted by atomic mass is 10.1. The number of hydrogen-bond acceptors (Lipinski definition) is 3. The molecule has 1 atom stereocenters. The lowest BCUT2D eigenvalue weighted by Crippen LogP contribution is -2.02. The highest BCUT2D eigenvalue weighted by atomic mass is 79.9. The second-order valence-electron chi connectivity index (χ2n) is 4.16. The first-order valence-electron chi connectivity index (χ1n) is 6.23. The van der Waals surface area contributed by atoms with Crippen LogP contribution in [0.5, 0.6) is 0 Å². The van der Waals surface area contributed by atoms with Crippen molar-refractivity contribution in [3.63, 3.8) is 0 Å². The molecule has 0 unspecified atom stereocenters. The average molecular weight is 342 g/mol. The summed E-state index contributed by atoms with van der Waals surface area (Å²) < 4.78 is 13.1. The summed E-state index contributed by atoms with van der Waals surface area (Å²) >= 11 is 3.52. The number of H-pyrrole nitrogens is 1. The van der Waals surface area contributed by atoms with Gasteiger partial charge >= 0.3 is 0 Å². The molecular formula is C13H16BrN3OS. The molecule has 0 bridgehead atoms. The maximum atomic E-state index is 12.0. The summed E-state index contributed by atoms with van der Waals surface area (Å²) in [6.07, 6.45) is 2.53. The molecule has 0 amide bonds. The van der Waals surface area contributed by atoms with Gasteiger partial charge < -0.3 is 0 Å². The minimum absolute atomic E-state index is 0.420. The number of halogens is 1. The minimum atomic E-state index is -1.11. The third-order valence-electron chi connectivity index (χ3n) is 2.78. The van der Waals surface area contributed by atoms with E-state index in [1.54, 1.807) is 0 Å². The molecule has 4 nitrogen and oxygen atoms in total. The van der Waals surface area contributed by atoms with Gasteiger partial charge in [0.15, 0.2) is 0 Å². The SMILES string of the molecule is CCc1nc([S@](=O)CCCc2ccccc2Br)n[nH]1. The average Bonchev–Trinajstić information content (AvgIpc) is 2.90. The Bertz CT molecular complexity index is 571. The maximum absolute atomic E-state index is 12.0. The first kappa shape index (κ1) is 14.4. The Kier molecular flexibility index (Phi) is 5.27. The van der Waals surface area contributed by atoms with E-state index in [2.05, 4.69) is 37.2 Å². The molecule has 0 saturated heterocycles. The van der Waals surface area contributed by atoms with Crippen LogP contribution in [0.1, 0.15) is 24.7 Å². The normalized spacial score (nSPS) is 12.5. The van der Waals surface area contributed by atoms with E-state index in [9.17, 15) is 4.21 Å². The van der Waals surface area contributed by atoms with Crippen LogP contribution in [0.3, 0.4) is 0 Å². The van der Waals surface area contributed by atoms with Crippen molar-refractivity contribution in [3.8, 4) is 0 Å². The Balaban J connectivity index is 1.86. The number of aromatic nitrogens is 3. The number of aryl methyl sites for hydroxylation is 2. The van der Waals surface area contributed by atoms with E-state index in [-0.39, 0.29) is 0 Å². The van der Waals surface area contributed by atoms with Crippen LogP contribution in [0.2, 0.25) is 0 Å². The fourth-order valence-corrected chi connectivity index (χ4v) is 3.16. The van der Waals surface area contributed by atoms with Crippen LogP contribution in [0, 0.1) is 0 Å². The standard InChI is InChI=1S/C13H16BrN3OS/c1-2-12-15-13(17-16-12)19(18)9-5-7-10-6-3-4-8-11(10)14/h3-4,6,8H,2,5,7,9H2,1H3,(H,15,16,17)/t19-/m1/s1. The van der Waals surface area contributed by atoms with Gasteiger partial charge in [0.25, 0.3) is 0 Å². The Morgan fingerprint density at radius 3 is 2.84 bits per heavy atom. The summed E-state index contributed by atoms with van der Waals surface area (Å²) in [6.45, 7) is 1.99. The van der Waals surface area contributed by atoms with Gasteiger partial charge in [0.2, 0.25) is 5.16 Å². The molecule has 102 valence electrons. The summed E-state index contributed by atoms with van der Waals surface area (Å²) in [5.74, 6) is 1.37. The molecular weight excluding hydrogens is 326 g/mol. The summed E-state index contributed by atoms with van der Waals surface area (Å²) in [7, 11) is -1.11. The zero-order chi connectivity index (χ0) is 13.7. The first-order valence-corrected chi connectivity index (χ1v) is 8.35. The van der Waals surface area contributed by atoms with Gasteiger partial charge in [-0.1, -0.05) is 41.1 Å². The molecule has 0 spiro atoms. The smallest absolute Gasteiger partial charge is 0.238 e. The molecule has 1 aromatic carbocycles. The molecule has 19 heavy (non-hydrogen) atoms. The predicted molar refractivity (Wildman–Crippen MR) is 79.5 cm³/mol. The van der Waals surface area contributed by atoms with Crippen molar-refractivity contribution in [1.82, 2.24) is 15.2 Å². The van der Waals surface area contributed by atoms with Crippen LogP contribution in [0.4, 0.5) is 0 Å². The fraction of sp³-hybridized carbons (Fsp3) is 0.385. The van der Waals surface area contributed by atoms with E-state index in [0.717, 1.165) is 29.6 Å². The zero-order valence-electron chi connectivity index (χ0n) is 10.7. The van der Waals surface area contributed by atoms with Gasteiger partial charge in [0, 0.05) is 16.6 Å². The van der Waals surface area contributed by atoms with Gasteiger partial charge in [-0.25, -0.2) is 4.98 Å². The van der Waals surface area contributed by atoms with Crippen molar-refractivity contribution >= 4 is 26.7 Å². The lowest BCUT2D eigenvalue weighted by Gasteiger charge is -2.03. The molecule has 0 aliphatic heterocycles. The molecule has 1 N–H and O–H groups in total. The van der Waals surface area contributed by atoms with Crippen molar-refractivity contribution in [2.24, 2.45) is 0 Å². The molecule has 0 fully saturated rings. The van der Waals surface area contributed by atoms with E-state index < -0.39 is 10.8 Å². The number of nitrogens with zero attached hydrogens (tertiary/aromatic N) is 2. The highest BCUT2D eigenvalue weighted by Crippen LogP contribution is 2.17. The quantitative estimate of drug-likeness (QED) is 0.878. The van der Waals surface area contributed by atoms with E-state index in [0.29, 0.717) is 10.9 Å². The van der Waals surface area contributed by atoms with E-state index in [1.807, 2.05) is 25.1 Å². The summed E-state index contributed by atoms with van der Waals surface area (Å²) in [5.41, 5.74) is 1.24. The van der Waals surface area contributed by atoms with Crippen molar-refractivity contribution in [3.05, 3.63) is 40.1 Å².